The predicted molar refractivity (Wildman–Crippen MR) is 63.3 cm³/mol. The van der Waals surface area contributed by atoms with E-state index >= 15 is 0 Å². The van der Waals surface area contributed by atoms with Gasteiger partial charge in [-0.2, -0.15) is 11.8 Å². The van der Waals surface area contributed by atoms with Gasteiger partial charge in [0.05, 0.1) is 0 Å². The highest BCUT2D eigenvalue weighted by Gasteiger charge is 2.00. The van der Waals surface area contributed by atoms with Crippen molar-refractivity contribution in [1.29, 1.82) is 0 Å². The summed E-state index contributed by atoms with van der Waals surface area (Å²) in [6.45, 7) is 0.741. The quantitative estimate of drug-likeness (QED) is 0.756. The molecule has 1 amide bonds. The van der Waals surface area contributed by atoms with Crippen molar-refractivity contribution in [2.24, 2.45) is 0 Å². The van der Waals surface area contributed by atoms with Gasteiger partial charge in [0.2, 0.25) is 0 Å². The number of nitrogens with zero attached hydrogens (tertiary/aromatic N) is 2. The molecule has 15 heavy (non-hydrogen) atoms. The fraction of sp³-hybridized carbons (Fsp3) is 0.600. The van der Waals surface area contributed by atoms with Crippen LogP contribution < -0.4 is 5.32 Å². The van der Waals surface area contributed by atoms with Crippen molar-refractivity contribution in [1.82, 2.24) is 14.9 Å². The van der Waals surface area contributed by atoms with Crippen molar-refractivity contribution in [3.8, 4) is 0 Å². The largest absolute Gasteiger partial charge is 0.337 e. The number of amides is 1. The Morgan fingerprint density at radius 2 is 2.33 bits per heavy atom. The Hall–Kier alpha value is -0.970. The van der Waals surface area contributed by atoms with Gasteiger partial charge < -0.3 is 5.32 Å². The number of imidazole rings is 1. The maximum atomic E-state index is 11.4. The minimum Gasteiger partial charge on any atom is -0.337 e. The number of carbonyl (C=O) groups excluding carboxylic acids is 1. The van der Waals surface area contributed by atoms with E-state index in [1.807, 2.05) is 11.8 Å². The Kier molecular flexibility index (Phi) is 5.92. The summed E-state index contributed by atoms with van der Waals surface area (Å²) in [7, 11) is 0. The zero-order valence-electron chi connectivity index (χ0n) is 8.98. The first-order chi connectivity index (χ1) is 7.34. The summed E-state index contributed by atoms with van der Waals surface area (Å²) in [5.74, 6) is 1.20. The zero-order valence-corrected chi connectivity index (χ0v) is 9.80. The van der Waals surface area contributed by atoms with Crippen LogP contribution in [0.1, 0.15) is 19.3 Å². The Balaban J connectivity index is 2.03. The van der Waals surface area contributed by atoms with Crippen LogP contribution >= 0.6 is 11.8 Å². The van der Waals surface area contributed by atoms with Gasteiger partial charge in [-0.05, 0) is 24.9 Å². The molecule has 1 heterocycles. The molecule has 0 bridgehead atoms. The van der Waals surface area contributed by atoms with Gasteiger partial charge in [-0.25, -0.2) is 9.78 Å². The molecule has 0 unspecified atom stereocenters. The molecule has 1 aromatic rings. The Labute approximate surface area is 94.5 Å². The molecule has 0 aliphatic carbocycles. The van der Waals surface area contributed by atoms with Crippen molar-refractivity contribution in [2.45, 2.75) is 19.3 Å². The predicted octanol–water partition coefficient (Wildman–Crippen LogP) is 1.97. The van der Waals surface area contributed by atoms with Gasteiger partial charge in [0, 0.05) is 18.9 Å². The summed E-state index contributed by atoms with van der Waals surface area (Å²) in [5.41, 5.74) is 0. The second kappa shape index (κ2) is 7.34. The Bertz CT molecular complexity index is 274. The summed E-state index contributed by atoms with van der Waals surface area (Å²) >= 11 is 1.86. The van der Waals surface area contributed by atoms with Crippen LogP contribution in [0.5, 0.6) is 0 Å². The molecule has 1 aromatic heterocycles. The molecule has 0 saturated carbocycles. The van der Waals surface area contributed by atoms with Crippen LogP contribution in [0.15, 0.2) is 18.7 Å². The summed E-state index contributed by atoms with van der Waals surface area (Å²) in [4.78, 5) is 15.2. The van der Waals surface area contributed by atoms with Crippen LogP contribution in [0.3, 0.4) is 0 Å². The topological polar surface area (TPSA) is 46.9 Å². The second-order valence-corrected chi connectivity index (χ2v) is 4.24. The lowest BCUT2D eigenvalue weighted by molar-refractivity contribution is 0.242. The van der Waals surface area contributed by atoms with Gasteiger partial charge in [0.15, 0.2) is 0 Å². The normalized spacial score (nSPS) is 10.2. The average Bonchev–Trinajstić information content (AvgIpc) is 2.76. The maximum absolute atomic E-state index is 11.4. The first kappa shape index (κ1) is 12.1. The van der Waals surface area contributed by atoms with E-state index in [4.69, 9.17) is 0 Å². The molecule has 0 saturated heterocycles. The van der Waals surface area contributed by atoms with Gasteiger partial charge in [0.1, 0.15) is 6.33 Å². The molecule has 0 fully saturated rings. The molecule has 0 radical (unpaired) electrons. The Morgan fingerprint density at radius 3 is 3.00 bits per heavy atom. The van der Waals surface area contributed by atoms with E-state index in [9.17, 15) is 4.79 Å². The number of carbonyl (C=O) groups is 1. The monoisotopic (exact) mass is 227 g/mol. The van der Waals surface area contributed by atoms with Gasteiger partial charge >= 0.3 is 6.03 Å². The third-order valence-electron chi connectivity index (χ3n) is 2.04. The Morgan fingerprint density at radius 1 is 1.47 bits per heavy atom. The van der Waals surface area contributed by atoms with Crippen LogP contribution in [0.25, 0.3) is 0 Å². The summed E-state index contributed by atoms with van der Waals surface area (Å²) < 4.78 is 1.45. The summed E-state index contributed by atoms with van der Waals surface area (Å²) in [5, 5.41) is 2.84. The first-order valence-corrected chi connectivity index (χ1v) is 6.49. The van der Waals surface area contributed by atoms with E-state index in [1.54, 1.807) is 12.4 Å². The van der Waals surface area contributed by atoms with Crippen molar-refractivity contribution in [3.63, 3.8) is 0 Å². The van der Waals surface area contributed by atoms with Crippen molar-refractivity contribution in [3.05, 3.63) is 18.7 Å². The molecule has 4 nitrogen and oxygen atoms in total. The van der Waals surface area contributed by atoms with Crippen molar-refractivity contribution in [2.75, 3.05) is 18.6 Å². The highest BCUT2D eigenvalue weighted by molar-refractivity contribution is 7.98. The fourth-order valence-electron chi connectivity index (χ4n) is 1.21. The van der Waals surface area contributed by atoms with Gasteiger partial charge in [-0.15, -0.1) is 0 Å². The molecule has 84 valence electrons. The molecule has 0 aliphatic heterocycles. The third-order valence-corrected chi connectivity index (χ3v) is 2.74. The number of unbranched alkanes of at least 4 members (excludes halogenated alkanes) is 2. The molecular formula is C10H17N3OS. The van der Waals surface area contributed by atoms with Crippen LogP contribution in [0, 0.1) is 0 Å². The van der Waals surface area contributed by atoms with Gasteiger partial charge in [-0.1, -0.05) is 6.42 Å². The number of nitrogens with one attached hydrogen (secondary N) is 1. The van der Waals surface area contributed by atoms with Crippen LogP contribution in [0.4, 0.5) is 4.79 Å². The minimum atomic E-state index is -0.0997. The molecule has 5 heteroatoms. The molecule has 0 atom stereocenters. The number of thioether (sulfide) groups is 1. The van der Waals surface area contributed by atoms with Crippen molar-refractivity contribution >= 4 is 17.8 Å². The smallest absolute Gasteiger partial charge is 0.326 e. The molecule has 0 aliphatic rings. The third kappa shape index (κ3) is 4.88. The lowest BCUT2D eigenvalue weighted by Crippen LogP contribution is -2.28. The van der Waals surface area contributed by atoms with E-state index in [2.05, 4.69) is 16.6 Å². The molecule has 1 rings (SSSR count). The number of aromatic nitrogens is 2. The first-order valence-electron chi connectivity index (χ1n) is 5.09. The van der Waals surface area contributed by atoms with Crippen LogP contribution in [-0.4, -0.2) is 34.1 Å². The highest BCUT2D eigenvalue weighted by Crippen LogP contribution is 2.01. The molecule has 0 aromatic carbocycles. The average molecular weight is 227 g/mol. The standard InChI is InChI=1S/C10H17N3OS/c1-15-8-4-2-3-5-12-10(14)13-7-6-11-9-13/h6-7,9H,2-5,8H2,1H3,(H,12,14). The number of hydrogen-bond donors (Lipinski definition) is 1. The van der Waals surface area contributed by atoms with Crippen LogP contribution in [-0.2, 0) is 0 Å². The molecular weight excluding hydrogens is 210 g/mol. The highest BCUT2D eigenvalue weighted by atomic mass is 32.2. The van der Waals surface area contributed by atoms with Crippen molar-refractivity contribution < 1.29 is 4.79 Å². The lowest BCUT2D eigenvalue weighted by Gasteiger charge is -2.04. The summed E-state index contributed by atoms with van der Waals surface area (Å²) in [6.07, 6.45) is 10.3. The van der Waals surface area contributed by atoms with E-state index in [0.717, 1.165) is 13.0 Å². The van der Waals surface area contributed by atoms with E-state index in [-0.39, 0.29) is 6.03 Å². The minimum absolute atomic E-state index is 0.0997. The van der Waals surface area contributed by atoms with Crippen LogP contribution in [0.2, 0.25) is 0 Å². The number of rotatable bonds is 6. The molecule has 0 spiro atoms. The summed E-state index contributed by atoms with van der Waals surface area (Å²) in [6, 6.07) is -0.0997. The fourth-order valence-corrected chi connectivity index (χ4v) is 1.71. The second-order valence-electron chi connectivity index (χ2n) is 3.26. The van der Waals surface area contributed by atoms with E-state index < -0.39 is 0 Å². The number of hydrogen-bond acceptors (Lipinski definition) is 3. The van der Waals surface area contributed by atoms with Gasteiger partial charge in [0.25, 0.3) is 0 Å². The maximum Gasteiger partial charge on any atom is 0.326 e. The zero-order chi connectivity index (χ0) is 10.9. The van der Waals surface area contributed by atoms with E-state index in [0.29, 0.717) is 0 Å². The van der Waals surface area contributed by atoms with E-state index in [1.165, 1.54) is 29.5 Å². The van der Waals surface area contributed by atoms with Gasteiger partial charge in [-0.3, -0.25) is 4.57 Å². The SMILES string of the molecule is CSCCCCCNC(=O)n1ccnc1. The molecule has 1 N–H and O–H groups in total. The lowest BCUT2D eigenvalue weighted by atomic mass is 10.2.